The molecule has 0 aliphatic carbocycles. The number of carbonyl (C=O) groups is 1. The van der Waals surface area contributed by atoms with Gasteiger partial charge in [-0.2, -0.15) is 13.2 Å². The third-order valence-corrected chi connectivity index (χ3v) is 2.62. The Morgan fingerprint density at radius 3 is 2.75 bits per heavy atom. The van der Waals surface area contributed by atoms with Crippen LogP contribution in [0.4, 0.5) is 13.2 Å². The van der Waals surface area contributed by atoms with Crippen LogP contribution >= 0.6 is 12.4 Å². The quantitative estimate of drug-likeness (QED) is 0.789. The maximum atomic E-state index is 11.9. The van der Waals surface area contributed by atoms with Crippen molar-refractivity contribution in [2.45, 2.75) is 38.2 Å². The lowest BCUT2D eigenvalue weighted by Gasteiger charge is -2.30. The fraction of sp³-hybridized carbons (Fsp3) is 0.909. The van der Waals surface area contributed by atoms with Crippen LogP contribution in [0.25, 0.3) is 0 Å². The maximum absolute atomic E-state index is 11.9. The van der Waals surface area contributed by atoms with Crippen LogP contribution in [0.1, 0.15) is 13.8 Å². The van der Waals surface area contributed by atoms with Crippen LogP contribution in [0.2, 0.25) is 0 Å². The third-order valence-electron chi connectivity index (χ3n) is 2.62. The Kier molecular flexibility index (Phi) is 8.41. The number of hydrogen-bond donors (Lipinski definition) is 2. The smallest absolute Gasteiger partial charge is 0.375 e. The third kappa shape index (κ3) is 7.28. The van der Waals surface area contributed by atoms with Crippen LogP contribution in [0.15, 0.2) is 0 Å². The van der Waals surface area contributed by atoms with E-state index >= 15 is 0 Å². The molecule has 1 aliphatic heterocycles. The van der Waals surface area contributed by atoms with E-state index in [1.807, 2.05) is 0 Å². The van der Waals surface area contributed by atoms with E-state index in [4.69, 9.17) is 4.74 Å². The van der Waals surface area contributed by atoms with Crippen LogP contribution in [0.3, 0.4) is 0 Å². The molecule has 1 saturated heterocycles. The van der Waals surface area contributed by atoms with E-state index in [0.717, 1.165) is 0 Å². The molecule has 0 radical (unpaired) electrons. The van der Waals surface area contributed by atoms with Gasteiger partial charge in [0, 0.05) is 12.6 Å². The van der Waals surface area contributed by atoms with Gasteiger partial charge in [-0.15, -0.1) is 12.4 Å². The molecule has 1 heterocycles. The molecule has 5 nitrogen and oxygen atoms in total. The highest BCUT2D eigenvalue weighted by Crippen LogP contribution is 2.14. The highest BCUT2D eigenvalue weighted by Gasteiger charge is 2.30. The summed E-state index contributed by atoms with van der Waals surface area (Å²) in [6.07, 6.45) is -4.62. The van der Waals surface area contributed by atoms with Gasteiger partial charge in [0.1, 0.15) is 12.6 Å². The Balaban J connectivity index is 0.00000361. The Morgan fingerprint density at radius 1 is 1.55 bits per heavy atom. The molecule has 0 aromatic carbocycles. The van der Waals surface area contributed by atoms with Gasteiger partial charge in [0.15, 0.2) is 0 Å². The molecule has 0 spiro atoms. The first-order valence-electron chi connectivity index (χ1n) is 6.09. The molecule has 0 bridgehead atoms. The minimum Gasteiger partial charge on any atom is -0.375 e. The van der Waals surface area contributed by atoms with Crippen molar-refractivity contribution in [3.8, 4) is 0 Å². The minimum absolute atomic E-state index is 0. The topological polar surface area (TPSA) is 59.6 Å². The average molecular weight is 321 g/mol. The number of hydrogen-bond acceptors (Lipinski definition) is 4. The molecule has 0 aromatic rings. The van der Waals surface area contributed by atoms with E-state index in [9.17, 15) is 18.0 Å². The SMILES string of the molecule is CC(COCC(F)(F)F)NC(=O)[C@H]1NCCO[C@@H]1C.Cl. The number of amides is 1. The summed E-state index contributed by atoms with van der Waals surface area (Å²) >= 11 is 0. The van der Waals surface area contributed by atoms with Crippen molar-refractivity contribution >= 4 is 18.3 Å². The Hall–Kier alpha value is -0.570. The lowest BCUT2D eigenvalue weighted by Crippen LogP contribution is -2.57. The van der Waals surface area contributed by atoms with E-state index in [1.165, 1.54) is 0 Å². The molecule has 2 N–H and O–H groups in total. The van der Waals surface area contributed by atoms with Gasteiger partial charge >= 0.3 is 6.18 Å². The predicted octanol–water partition coefficient (Wildman–Crippen LogP) is 0.869. The van der Waals surface area contributed by atoms with Crippen molar-refractivity contribution < 1.29 is 27.4 Å². The summed E-state index contributed by atoms with van der Waals surface area (Å²) in [5.74, 6) is -0.296. The van der Waals surface area contributed by atoms with E-state index in [-0.39, 0.29) is 31.0 Å². The van der Waals surface area contributed by atoms with E-state index < -0.39 is 24.9 Å². The van der Waals surface area contributed by atoms with Gasteiger partial charge in [0.25, 0.3) is 0 Å². The van der Waals surface area contributed by atoms with Gasteiger partial charge < -0.3 is 20.1 Å². The number of ether oxygens (including phenoxy) is 2. The van der Waals surface area contributed by atoms with Gasteiger partial charge in [-0.25, -0.2) is 0 Å². The molecule has 9 heteroatoms. The maximum Gasteiger partial charge on any atom is 0.411 e. The van der Waals surface area contributed by atoms with E-state index in [1.54, 1.807) is 13.8 Å². The summed E-state index contributed by atoms with van der Waals surface area (Å²) < 4.78 is 45.4. The first-order chi connectivity index (χ1) is 8.79. The molecule has 3 atom stereocenters. The van der Waals surface area contributed by atoms with Crippen molar-refractivity contribution in [2.75, 3.05) is 26.4 Å². The molecule has 120 valence electrons. The van der Waals surface area contributed by atoms with Gasteiger partial charge in [-0.05, 0) is 13.8 Å². The van der Waals surface area contributed by atoms with Gasteiger partial charge in [-0.3, -0.25) is 4.79 Å². The summed E-state index contributed by atoms with van der Waals surface area (Å²) in [6.45, 7) is 2.96. The van der Waals surface area contributed by atoms with Crippen LogP contribution < -0.4 is 10.6 Å². The molecule has 0 saturated carbocycles. The predicted molar refractivity (Wildman–Crippen MR) is 68.9 cm³/mol. The molecule has 1 unspecified atom stereocenters. The lowest BCUT2D eigenvalue weighted by atomic mass is 10.1. The van der Waals surface area contributed by atoms with Gasteiger partial charge in [-0.1, -0.05) is 0 Å². The largest absolute Gasteiger partial charge is 0.411 e. The number of rotatable bonds is 5. The fourth-order valence-electron chi connectivity index (χ4n) is 1.75. The summed E-state index contributed by atoms with van der Waals surface area (Å²) in [5, 5.41) is 5.59. The second-order valence-corrected chi connectivity index (χ2v) is 4.55. The van der Waals surface area contributed by atoms with Crippen molar-refractivity contribution in [1.82, 2.24) is 10.6 Å². The average Bonchev–Trinajstić information content (AvgIpc) is 2.27. The zero-order valence-electron chi connectivity index (χ0n) is 11.3. The zero-order chi connectivity index (χ0) is 14.5. The highest BCUT2D eigenvalue weighted by molar-refractivity contribution is 5.85. The van der Waals surface area contributed by atoms with Crippen molar-refractivity contribution in [3.63, 3.8) is 0 Å². The lowest BCUT2D eigenvalue weighted by molar-refractivity contribution is -0.175. The van der Waals surface area contributed by atoms with Crippen molar-refractivity contribution in [1.29, 1.82) is 0 Å². The molecular weight excluding hydrogens is 301 g/mol. The molecule has 20 heavy (non-hydrogen) atoms. The fourth-order valence-corrected chi connectivity index (χ4v) is 1.75. The summed E-state index contributed by atoms with van der Waals surface area (Å²) in [7, 11) is 0. The van der Waals surface area contributed by atoms with Gasteiger partial charge in [0.2, 0.25) is 5.91 Å². The number of halogens is 4. The number of morpholine rings is 1. The van der Waals surface area contributed by atoms with E-state index in [2.05, 4.69) is 15.4 Å². The first kappa shape index (κ1) is 19.4. The minimum atomic E-state index is -4.35. The molecule has 1 amide bonds. The van der Waals surface area contributed by atoms with Crippen molar-refractivity contribution in [2.24, 2.45) is 0 Å². The van der Waals surface area contributed by atoms with Crippen LogP contribution in [-0.2, 0) is 14.3 Å². The Morgan fingerprint density at radius 2 is 2.20 bits per heavy atom. The molecule has 1 aliphatic rings. The van der Waals surface area contributed by atoms with Crippen LogP contribution in [0, 0.1) is 0 Å². The Bertz CT molecular complexity index is 305. The summed E-state index contributed by atoms with van der Waals surface area (Å²) in [4.78, 5) is 11.8. The second kappa shape index (κ2) is 8.66. The summed E-state index contributed by atoms with van der Waals surface area (Å²) in [6, 6.07) is -0.982. The molecule has 1 fully saturated rings. The normalized spacial score (nSPS) is 24.6. The molecule has 0 aromatic heterocycles. The first-order valence-corrected chi connectivity index (χ1v) is 6.09. The number of alkyl halides is 3. The number of nitrogens with one attached hydrogen (secondary N) is 2. The summed E-state index contributed by atoms with van der Waals surface area (Å²) in [5.41, 5.74) is 0. The Labute approximate surface area is 122 Å². The van der Waals surface area contributed by atoms with Crippen LogP contribution in [-0.4, -0.2) is 56.6 Å². The monoisotopic (exact) mass is 320 g/mol. The molecule has 1 rings (SSSR count). The second-order valence-electron chi connectivity index (χ2n) is 4.55. The molecular formula is C11H20ClF3N2O3. The van der Waals surface area contributed by atoms with Crippen molar-refractivity contribution in [3.05, 3.63) is 0 Å². The highest BCUT2D eigenvalue weighted by atomic mass is 35.5. The zero-order valence-corrected chi connectivity index (χ0v) is 12.1. The van der Waals surface area contributed by atoms with Crippen LogP contribution in [0.5, 0.6) is 0 Å². The standard InChI is InChI=1S/C11H19F3N2O3.ClH/c1-7(5-18-6-11(12,13)14)16-10(17)9-8(2)19-4-3-15-9;/h7-9,15H,3-6H2,1-2H3,(H,16,17);1H/t7?,8-,9+;/m1./s1. The van der Waals surface area contributed by atoms with E-state index in [0.29, 0.717) is 13.2 Å². The van der Waals surface area contributed by atoms with Gasteiger partial charge in [0.05, 0.1) is 19.3 Å². The number of carbonyl (C=O) groups excluding carboxylic acids is 1.